The molecule has 0 aliphatic rings. The molecule has 0 unspecified atom stereocenters. The lowest BCUT2D eigenvalue weighted by atomic mass is 10.0. The third kappa shape index (κ3) is 3.85. The van der Waals surface area contributed by atoms with E-state index in [-0.39, 0.29) is 5.56 Å². The van der Waals surface area contributed by atoms with Gasteiger partial charge in [0, 0.05) is 16.9 Å². The molecule has 0 amide bonds. The first-order valence-electron chi connectivity index (χ1n) is 10.3. The van der Waals surface area contributed by atoms with Gasteiger partial charge in [-0.15, -0.1) is 11.3 Å². The maximum atomic E-state index is 13.8. The maximum absolute atomic E-state index is 13.8. The van der Waals surface area contributed by atoms with Gasteiger partial charge in [0.2, 0.25) is 0 Å². The zero-order valence-corrected chi connectivity index (χ0v) is 18.6. The molecule has 5 nitrogen and oxygen atoms in total. The quantitative estimate of drug-likeness (QED) is 0.424. The highest BCUT2D eigenvalue weighted by molar-refractivity contribution is 7.19. The number of ether oxygens (including phenoxy) is 1. The number of aromatic nitrogens is 2. The van der Waals surface area contributed by atoms with E-state index in [1.165, 1.54) is 0 Å². The number of hydrogen-bond donors (Lipinski definition) is 0. The molecule has 6 heteroatoms. The topological polar surface area (TPSA) is 67.9 Å². The van der Waals surface area contributed by atoms with Crippen molar-refractivity contribution in [2.75, 3.05) is 7.11 Å². The van der Waals surface area contributed by atoms with E-state index in [1.807, 2.05) is 49.4 Å². The fraction of sp³-hybridized carbons (Fsp3) is 0.240. The zero-order chi connectivity index (χ0) is 22.0. The summed E-state index contributed by atoms with van der Waals surface area (Å²) in [5, 5.41) is 9.88. The van der Waals surface area contributed by atoms with Crippen LogP contribution in [0.25, 0.3) is 21.3 Å². The lowest BCUT2D eigenvalue weighted by molar-refractivity contribution is 0.415. The van der Waals surface area contributed by atoms with Gasteiger partial charge in [0.05, 0.1) is 30.7 Å². The van der Waals surface area contributed by atoms with Crippen molar-refractivity contribution in [3.63, 3.8) is 0 Å². The van der Waals surface area contributed by atoms with Gasteiger partial charge < -0.3 is 4.74 Å². The Bertz CT molecular complexity index is 1360. The Morgan fingerprint density at radius 2 is 1.94 bits per heavy atom. The average molecular weight is 430 g/mol. The van der Waals surface area contributed by atoms with Gasteiger partial charge in [0.25, 0.3) is 5.56 Å². The van der Waals surface area contributed by atoms with Crippen molar-refractivity contribution in [1.29, 1.82) is 5.26 Å². The molecule has 0 atom stereocenters. The molecular formula is C25H23N3O2S. The second-order valence-corrected chi connectivity index (χ2v) is 8.33. The zero-order valence-electron chi connectivity index (χ0n) is 17.8. The third-order valence-corrected chi connectivity index (χ3v) is 6.58. The number of rotatable bonds is 6. The maximum Gasteiger partial charge on any atom is 0.263 e. The van der Waals surface area contributed by atoms with Crippen LogP contribution in [-0.2, 0) is 19.4 Å². The van der Waals surface area contributed by atoms with Crippen molar-refractivity contribution in [3.8, 4) is 22.9 Å². The molecule has 0 aliphatic heterocycles. The van der Waals surface area contributed by atoms with Crippen LogP contribution in [0.3, 0.4) is 0 Å². The van der Waals surface area contributed by atoms with E-state index in [0.717, 1.165) is 44.4 Å². The number of benzene rings is 2. The van der Waals surface area contributed by atoms with Gasteiger partial charge in [0.1, 0.15) is 16.4 Å². The summed E-state index contributed by atoms with van der Waals surface area (Å²) in [6.45, 7) is 4.49. The highest BCUT2D eigenvalue weighted by Crippen LogP contribution is 2.38. The Morgan fingerprint density at radius 1 is 1.13 bits per heavy atom. The Kier molecular flexibility index (Phi) is 5.88. The molecule has 0 aliphatic carbocycles. The number of hydrogen-bond acceptors (Lipinski definition) is 5. The normalized spacial score (nSPS) is 10.9. The van der Waals surface area contributed by atoms with Crippen molar-refractivity contribution in [2.24, 2.45) is 0 Å². The monoisotopic (exact) mass is 429 g/mol. The van der Waals surface area contributed by atoms with E-state index in [9.17, 15) is 10.1 Å². The van der Waals surface area contributed by atoms with Gasteiger partial charge in [-0.3, -0.25) is 9.36 Å². The van der Waals surface area contributed by atoms with Crippen LogP contribution in [-0.4, -0.2) is 16.7 Å². The fourth-order valence-corrected chi connectivity index (χ4v) is 5.00. The highest BCUT2D eigenvalue weighted by atomic mass is 32.1. The number of aryl methyl sites for hydroxylation is 2. The van der Waals surface area contributed by atoms with Crippen molar-refractivity contribution < 1.29 is 4.74 Å². The van der Waals surface area contributed by atoms with E-state index >= 15 is 0 Å². The number of nitriles is 1. The summed E-state index contributed by atoms with van der Waals surface area (Å²) >= 11 is 1.59. The van der Waals surface area contributed by atoms with Crippen molar-refractivity contribution in [1.82, 2.24) is 9.55 Å². The second-order valence-electron chi connectivity index (χ2n) is 7.25. The highest BCUT2D eigenvalue weighted by Gasteiger charge is 2.21. The van der Waals surface area contributed by atoms with Crippen LogP contribution in [0.15, 0.2) is 53.3 Å². The molecule has 4 aromatic rings. The van der Waals surface area contributed by atoms with Gasteiger partial charge in [-0.25, -0.2) is 4.98 Å². The predicted octanol–water partition coefficient (Wildman–Crippen LogP) is 5.18. The van der Waals surface area contributed by atoms with Crippen LogP contribution in [0.5, 0.6) is 5.75 Å². The molecule has 2 aromatic heterocycles. The van der Waals surface area contributed by atoms with E-state index in [0.29, 0.717) is 23.9 Å². The summed E-state index contributed by atoms with van der Waals surface area (Å²) in [5.41, 5.74) is 3.35. The lowest BCUT2D eigenvalue weighted by Gasteiger charge is -2.12. The first kappa shape index (κ1) is 20.8. The van der Waals surface area contributed by atoms with E-state index < -0.39 is 0 Å². The lowest BCUT2D eigenvalue weighted by Crippen LogP contribution is -2.25. The smallest absolute Gasteiger partial charge is 0.263 e. The number of fused-ring (bicyclic) bond motifs is 1. The van der Waals surface area contributed by atoms with Gasteiger partial charge >= 0.3 is 0 Å². The molecule has 2 aromatic carbocycles. The van der Waals surface area contributed by atoms with Crippen LogP contribution >= 0.6 is 11.3 Å². The van der Waals surface area contributed by atoms with Gasteiger partial charge in [0.15, 0.2) is 0 Å². The Morgan fingerprint density at radius 3 is 2.65 bits per heavy atom. The molecule has 0 bridgehead atoms. The molecule has 0 saturated carbocycles. The van der Waals surface area contributed by atoms with Crippen LogP contribution in [0.2, 0.25) is 0 Å². The molecule has 0 spiro atoms. The largest absolute Gasteiger partial charge is 0.497 e. The van der Waals surface area contributed by atoms with E-state index in [2.05, 4.69) is 13.0 Å². The van der Waals surface area contributed by atoms with E-state index in [1.54, 1.807) is 29.1 Å². The minimum absolute atomic E-state index is 0.0435. The Labute approximate surface area is 185 Å². The number of nitrogens with zero attached hydrogens (tertiary/aromatic N) is 3. The van der Waals surface area contributed by atoms with Crippen LogP contribution < -0.4 is 10.3 Å². The summed E-state index contributed by atoms with van der Waals surface area (Å²) in [4.78, 5) is 20.6. The first-order chi connectivity index (χ1) is 15.1. The molecular weight excluding hydrogens is 406 g/mol. The minimum Gasteiger partial charge on any atom is -0.497 e. The van der Waals surface area contributed by atoms with Crippen LogP contribution in [0.1, 0.15) is 35.7 Å². The number of thiophene rings is 1. The van der Waals surface area contributed by atoms with Crippen molar-refractivity contribution in [2.45, 2.75) is 33.2 Å². The Balaban J connectivity index is 1.96. The summed E-state index contributed by atoms with van der Waals surface area (Å²) in [6, 6.07) is 17.4. The van der Waals surface area contributed by atoms with Crippen molar-refractivity contribution >= 4 is 21.6 Å². The van der Waals surface area contributed by atoms with Crippen LogP contribution in [0.4, 0.5) is 0 Å². The summed E-state index contributed by atoms with van der Waals surface area (Å²) in [7, 11) is 1.64. The summed E-state index contributed by atoms with van der Waals surface area (Å²) in [5.74, 6) is 1.51. The Hall–Kier alpha value is -3.43. The molecule has 31 heavy (non-hydrogen) atoms. The summed E-state index contributed by atoms with van der Waals surface area (Å²) in [6.07, 6.45) is 1.47. The van der Waals surface area contributed by atoms with E-state index in [4.69, 9.17) is 9.72 Å². The third-order valence-electron chi connectivity index (χ3n) is 5.36. The van der Waals surface area contributed by atoms with Crippen LogP contribution in [0, 0.1) is 11.3 Å². The predicted molar refractivity (Wildman–Crippen MR) is 125 cm³/mol. The number of methoxy groups -OCH3 is 1. The molecule has 0 radical (unpaired) electrons. The van der Waals surface area contributed by atoms with Crippen molar-refractivity contribution in [3.05, 3.63) is 80.7 Å². The van der Waals surface area contributed by atoms with Gasteiger partial charge in [-0.1, -0.05) is 38.1 Å². The molecule has 4 rings (SSSR count). The van der Waals surface area contributed by atoms with Gasteiger partial charge in [-0.05, 0) is 41.8 Å². The first-order valence-corrected chi connectivity index (χ1v) is 11.1. The molecule has 0 fully saturated rings. The minimum atomic E-state index is -0.0435. The second kappa shape index (κ2) is 8.75. The summed E-state index contributed by atoms with van der Waals surface area (Å²) < 4.78 is 7.15. The molecule has 156 valence electrons. The molecule has 0 N–H and O–H groups in total. The SMILES string of the molecule is CCc1sc2nc(CC)n(Cc3cccc(C#N)c3)c(=O)c2c1-c1cccc(OC)c1. The molecule has 0 saturated heterocycles. The molecule has 2 heterocycles. The fourth-order valence-electron chi connectivity index (χ4n) is 3.86. The standard InChI is InChI=1S/C25H23N3O2S/c1-4-20-22(18-10-7-11-19(13-18)30-3)23-24(31-20)27-21(5-2)28(25(23)29)15-17-9-6-8-16(12-17)14-26/h6-13H,4-5,15H2,1-3H3. The van der Waals surface area contributed by atoms with Gasteiger partial charge in [-0.2, -0.15) is 5.26 Å². The average Bonchev–Trinajstić information content (AvgIpc) is 3.19.